The third kappa shape index (κ3) is 4.77. The van der Waals surface area contributed by atoms with Gasteiger partial charge >= 0.3 is 6.03 Å². The molecule has 1 saturated heterocycles. The van der Waals surface area contributed by atoms with Crippen molar-refractivity contribution in [3.63, 3.8) is 0 Å². The van der Waals surface area contributed by atoms with Gasteiger partial charge < -0.3 is 15.3 Å². The van der Waals surface area contributed by atoms with Gasteiger partial charge in [-0.05, 0) is 42.9 Å². The van der Waals surface area contributed by atoms with Crippen molar-refractivity contribution >= 4 is 29.2 Å². The first-order chi connectivity index (χ1) is 10.1. The minimum absolute atomic E-state index is 0.0711. The predicted molar refractivity (Wildman–Crippen MR) is 84.9 cm³/mol. The molecule has 0 spiro atoms. The molecule has 2 rings (SSSR count). The van der Waals surface area contributed by atoms with E-state index in [2.05, 4.69) is 5.32 Å². The number of aliphatic hydroxyl groups excluding tert-OH is 1. The molecule has 1 unspecified atom stereocenters. The number of halogens is 2. The lowest BCUT2D eigenvalue weighted by Gasteiger charge is -2.31. The van der Waals surface area contributed by atoms with Crippen molar-refractivity contribution < 1.29 is 9.90 Å². The summed E-state index contributed by atoms with van der Waals surface area (Å²) < 4.78 is 0. The Bertz CT molecular complexity index is 497. The van der Waals surface area contributed by atoms with Gasteiger partial charge in [0.2, 0.25) is 0 Å². The molecule has 0 aromatic heterocycles. The molecule has 1 fully saturated rings. The van der Waals surface area contributed by atoms with Crippen LogP contribution in [0.4, 0.5) is 4.79 Å². The first kappa shape index (κ1) is 16.4. The first-order valence-corrected chi connectivity index (χ1v) is 7.93. The van der Waals surface area contributed by atoms with Crippen LogP contribution in [0.2, 0.25) is 10.0 Å². The number of hydrogen-bond donors (Lipinski definition) is 2. The van der Waals surface area contributed by atoms with Crippen molar-refractivity contribution in [3.05, 3.63) is 33.8 Å². The second-order valence-corrected chi connectivity index (χ2v) is 6.20. The maximum absolute atomic E-state index is 12.1. The summed E-state index contributed by atoms with van der Waals surface area (Å²) in [6, 6.07) is 5.30. The van der Waals surface area contributed by atoms with E-state index in [0.717, 1.165) is 24.9 Å². The van der Waals surface area contributed by atoms with Crippen molar-refractivity contribution in [2.75, 3.05) is 26.2 Å². The van der Waals surface area contributed by atoms with Gasteiger partial charge in [-0.25, -0.2) is 4.79 Å². The lowest BCUT2D eigenvalue weighted by Crippen LogP contribution is -2.46. The molecule has 1 aliphatic heterocycles. The van der Waals surface area contributed by atoms with Crippen LogP contribution in [0.15, 0.2) is 18.2 Å². The number of rotatable bonds is 4. The summed E-state index contributed by atoms with van der Waals surface area (Å²) in [6.45, 7) is 2.05. The van der Waals surface area contributed by atoms with Gasteiger partial charge in [-0.3, -0.25) is 0 Å². The zero-order valence-corrected chi connectivity index (χ0v) is 13.3. The molecular formula is C15H20Cl2N2O2. The highest BCUT2D eigenvalue weighted by Crippen LogP contribution is 2.21. The van der Waals surface area contributed by atoms with Crippen LogP contribution in [-0.4, -0.2) is 42.3 Å². The molecule has 2 N–H and O–H groups in total. The van der Waals surface area contributed by atoms with Crippen LogP contribution in [0, 0.1) is 5.92 Å². The Kier molecular flexibility index (Phi) is 6.15. The molecule has 116 valence electrons. The van der Waals surface area contributed by atoms with Crippen molar-refractivity contribution in [1.82, 2.24) is 10.2 Å². The van der Waals surface area contributed by atoms with Gasteiger partial charge in [0.1, 0.15) is 0 Å². The normalized spacial score (nSPS) is 18.6. The van der Waals surface area contributed by atoms with Crippen LogP contribution in [-0.2, 0) is 6.42 Å². The molecular weight excluding hydrogens is 311 g/mol. The lowest BCUT2D eigenvalue weighted by molar-refractivity contribution is 0.129. The highest BCUT2D eigenvalue weighted by atomic mass is 35.5. The molecule has 0 saturated carbocycles. The quantitative estimate of drug-likeness (QED) is 0.891. The number of benzene rings is 1. The van der Waals surface area contributed by atoms with Crippen LogP contribution in [0.25, 0.3) is 0 Å². The van der Waals surface area contributed by atoms with E-state index in [1.807, 2.05) is 6.07 Å². The maximum atomic E-state index is 12.1. The number of amides is 2. The summed E-state index contributed by atoms with van der Waals surface area (Å²) in [5.41, 5.74) is 0.966. The zero-order valence-electron chi connectivity index (χ0n) is 11.8. The number of nitrogens with one attached hydrogen (secondary N) is 1. The summed E-state index contributed by atoms with van der Waals surface area (Å²) >= 11 is 11.9. The number of urea groups is 1. The number of likely N-dealkylation sites (tertiary alicyclic amines) is 1. The summed E-state index contributed by atoms with van der Waals surface area (Å²) in [5.74, 6) is 0.204. The average Bonchev–Trinajstić information content (AvgIpc) is 2.49. The van der Waals surface area contributed by atoms with E-state index in [-0.39, 0.29) is 18.6 Å². The zero-order chi connectivity index (χ0) is 15.2. The number of piperidine rings is 1. The van der Waals surface area contributed by atoms with E-state index < -0.39 is 0 Å². The largest absolute Gasteiger partial charge is 0.396 e. The Morgan fingerprint density at radius 3 is 2.95 bits per heavy atom. The second kappa shape index (κ2) is 7.87. The highest BCUT2D eigenvalue weighted by Gasteiger charge is 2.22. The van der Waals surface area contributed by atoms with Crippen molar-refractivity contribution in [3.8, 4) is 0 Å². The van der Waals surface area contributed by atoms with Crippen LogP contribution < -0.4 is 5.32 Å². The second-order valence-electron chi connectivity index (χ2n) is 5.35. The molecule has 6 heteroatoms. The van der Waals surface area contributed by atoms with E-state index in [1.54, 1.807) is 17.0 Å². The SMILES string of the molecule is O=C(NCCc1ccc(Cl)cc1Cl)N1CCCC(CO)C1. The number of hydrogen-bond acceptors (Lipinski definition) is 2. The molecule has 4 nitrogen and oxygen atoms in total. The molecule has 0 radical (unpaired) electrons. The van der Waals surface area contributed by atoms with E-state index in [0.29, 0.717) is 29.6 Å². The number of nitrogens with zero attached hydrogens (tertiary/aromatic N) is 1. The van der Waals surface area contributed by atoms with Crippen molar-refractivity contribution in [2.45, 2.75) is 19.3 Å². The van der Waals surface area contributed by atoms with Gasteiger partial charge in [-0.2, -0.15) is 0 Å². The Labute approximate surface area is 135 Å². The first-order valence-electron chi connectivity index (χ1n) is 7.17. The molecule has 0 bridgehead atoms. The van der Waals surface area contributed by atoms with Crippen molar-refractivity contribution in [2.24, 2.45) is 5.92 Å². The molecule has 0 aliphatic carbocycles. The Morgan fingerprint density at radius 1 is 1.43 bits per heavy atom. The monoisotopic (exact) mass is 330 g/mol. The maximum Gasteiger partial charge on any atom is 0.317 e. The van der Waals surface area contributed by atoms with E-state index in [1.165, 1.54) is 0 Å². The molecule has 1 heterocycles. The summed E-state index contributed by atoms with van der Waals surface area (Å²) in [4.78, 5) is 13.8. The Morgan fingerprint density at radius 2 is 2.24 bits per heavy atom. The van der Waals surface area contributed by atoms with Gasteiger partial charge in [0.25, 0.3) is 0 Å². The standard InChI is InChI=1S/C15H20Cl2N2O2/c16-13-4-3-12(14(17)8-13)5-6-18-15(21)19-7-1-2-11(9-19)10-20/h3-4,8,11,20H,1-2,5-7,9-10H2,(H,18,21). The summed E-state index contributed by atoms with van der Waals surface area (Å²) in [6.07, 6.45) is 2.60. The van der Waals surface area contributed by atoms with Crippen LogP contribution in [0.5, 0.6) is 0 Å². The molecule has 1 aliphatic rings. The number of carbonyl (C=O) groups excluding carboxylic acids is 1. The number of aliphatic hydroxyl groups is 1. The van der Waals surface area contributed by atoms with Crippen LogP contribution >= 0.6 is 23.2 Å². The molecule has 1 aromatic rings. The Balaban J connectivity index is 1.78. The smallest absolute Gasteiger partial charge is 0.317 e. The van der Waals surface area contributed by atoms with E-state index >= 15 is 0 Å². The fourth-order valence-corrected chi connectivity index (χ4v) is 3.04. The summed E-state index contributed by atoms with van der Waals surface area (Å²) in [7, 11) is 0. The third-order valence-electron chi connectivity index (χ3n) is 3.75. The van der Waals surface area contributed by atoms with Gasteiger partial charge in [0.15, 0.2) is 0 Å². The van der Waals surface area contributed by atoms with Gasteiger partial charge in [0.05, 0.1) is 0 Å². The minimum atomic E-state index is -0.0711. The molecule has 1 aromatic carbocycles. The van der Waals surface area contributed by atoms with Gasteiger partial charge in [-0.15, -0.1) is 0 Å². The van der Waals surface area contributed by atoms with Crippen LogP contribution in [0.1, 0.15) is 18.4 Å². The van der Waals surface area contributed by atoms with E-state index in [9.17, 15) is 9.90 Å². The molecule has 21 heavy (non-hydrogen) atoms. The Hall–Kier alpha value is -0.970. The molecule has 1 atom stereocenters. The van der Waals surface area contributed by atoms with E-state index in [4.69, 9.17) is 23.2 Å². The van der Waals surface area contributed by atoms with Gasteiger partial charge in [0, 0.05) is 36.3 Å². The lowest BCUT2D eigenvalue weighted by atomic mass is 9.99. The van der Waals surface area contributed by atoms with Crippen LogP contribution in [0.3, 0.4) is 0 Å². The molecule has 2 amide bonds. The minimum Gasteiger partial charge on any atom is -0.396 e. The third-order valence-corrected chi connectivity index (χ3v) is 4.34. The fraction of sp³-hybridized carbons (Fsp3) is 0.533. The highest BCUT2D eigenvalue weighted by molar-refractivity contribution is 6.35. The number of carbonyl (C=O) groups is 1. The van der Waals surface area contributed by atoms with Crippen molar-refractivity contribution in [1.29, 1.82) is 0 Å². The van der Waals surface area contributed by atoms with Gasteiger partial charge in [-0.1, -0.05) is 29.3 Å². The predicted octanol–water partition coefficient (Wildman–Crippen LogP) is 2.95. The summed E-state index contributed by atoms with van der Waals surface area (Å²) in [5, 5.41) is 13.3. The topological polar surface area (TPSA) is 52.6 Å². The average molecular weight is 331 g/mol. The fourth-order valence-electron chi connectivity index (χ4n) is 2.54.